The Hall–Kier alpha value is -0.830. The van der Waals surface area contributed by atoms with E-state index in [1.807, 2.05) is 0 Å². The zero-order chi connectivity index (χ0) is 15.1. The first-order chi connectivity index (χ1) is 10.2. The lowest BCUT2D eigenvalue weighted by atomic mass is 9.93. The number of nitrogens with zero attached hydrogens (tertiary/aromatic N) is 1. The number of aryl methyl sites for hydroxylation is 2. The topological polar surface area (TPSA) is 20.3 Å². The zero-order valence-electron chi connectivity index (χ0n) is 13.0. The number of carbonyl (C=O) groups is 1. The number of carbonyl (C=O) groups excluding carboxylic acids is 1. The highest BCUT2D eigenvalue weighted by Gasteiger charge is 2.24. The van der Waals surface area contributed by atoms with E-state index in [0.29, 0.717) is 18.4 Å². The number of hydrogen-bond acceptors (Lipinski definition) is 1. The van der Waals surface area contributed by atoms with Gasteiger partial charge >= 0.3 is 0 Å². The predicted molar refractivity (Wildman–Crippen MR) is 91.9 cm³/mol. The number of benzene rings is 1. The van der Waals surface area contributed by atoms with Gasteiger partial charge in [-0.3, -0.25) is 4.79 Å². The quantitative estimate of drug-likeness (QED) is 0.691. The van der Waals surface area contributed by atoms with Crippen molar-refractivity contribution in [3.8, 4) is 0 Å². The Labute approximate surface area is 137 Å². The third kappa shape index (κ3) is 4.84. The van der Waals surface area contributed by atoms with E-state index in [2.05, 4.69) is 52.0 Å². The maximum Gasteiger partial charge on any atom is 0.223 e. The number of hydrogen-bond donors (Lipinski definition) is 0. The summed E-state index contributed by atoms with van der Waals surface area (Å²) >= 11 is 3.50. The van der Waals surface area contributed by atoms with Crippen LogP contribution in [0, 0.1) is 6.92 Å². The summed E-state index contributed by atoms with van der Waals surface area (Å²) in [4.78, 5) is 14.8. The van der Waals surface area contributed by atoms with Crippen LogP contribution in [0.15, 0.2) is 24.3 Å². The lowest BCUT2D eigenvalue weighted by Crippen LogP contribution is -2.42. The molecule has 3 heteroatoms. The predicted octanol–water partition coefficient (Wildman–Crippen LogP) is 4.48. The Morgan fingerprint density at radius 2 is 1.95 bits per heavy atom. The number of halogens is 1. The van der Waals surface area contributed by atoms with Crippen LogP contribution in [0.4, 0.5) is 0 Å². The van der Waals surface area contributed by atoms with Gasteiger partial charge < -0.3 is 4.90 Å². The maximum atomic E-state index is 12.6. The monoisotopic (exact) mass is 351 g/mol. The summed E-state index contributed by atoms with van der Waals surface area (Å²) in [5.74, 6) is 0.324. The molecule has 0 spiro atoms. The first-order valence-electron chi connectivity index (χ1n) is 8.12. The van der Waals surface area contributed by atoms with E-state index < -0.39 is 0 Å². The SMILES string of the molecule is Cc1ccccc1CCC(=O)N(CCBr)C1CCCCC1. The van der Waals surface area contributed by atoms with E-state index >= 15 is 0 Å². The average Bonchev–Trinajstić information content (AvgIpc) is 2.52. The first-order valence-corrected chi connectivity index (χ1v) is 9.24. The molecule has 0 radical (unpaired) electrons. The van der Waals surface area contributed by atoms with Gasteiger partial charge in [0.2, 0.25) is 5.91 Å². The summed E-state index contributed by atoms with van der Waals surface area (Å²) in [5, 5.41) is 0.875. The van der Waals surface area contributed by atoms with Gasteiger partial charge in [-0.1, -0.05) is 59.5 Å². The van der Waals surface area contributed by atoms with E-state index in [9.17, 15) is 4.79 Å². The molecule has 0 N–H and O–H groups in total. The molecule has 1 aliphatic rings. The van der Waals surface area contributed by atoms with Crippen LogP contribution in [0.5, 0.6) is 0 Å². The molecule has 1 amide bonds. The standard InChI is InChI=1S/C18H26BrNO/c1-15-7-5-6-8-16(15)11-12-18(21)20(14-13-19)17-9-3-2-4-10-17/h5-8,17H,2-4,9-14H2,1H3. The molecule has 0 unspecified atom stereocenters. The van der Waals surface area contributed by atoms with Crippen LogP contribution in [0.1, 0.15) is 49.7 Å². The van der Waals surface area contributed by atoms with Gasteiger partial charge in [-0.15, -0.1) is 0 Å². The van der Waals surface area contributed by atoms with Gasteiger partial charge in [-0.05, 0) is 37.3 Å². The minimum absolute atomic E-state index is 0.324. The second kappa shape index (κ2) is 8.57. The molecule has 2 nitrogen and oxygen atoms in total. The van der Waals surface area contributed by atoms with E-state index in [4.69, 9.17) is 0 Å². The fourth-order valence-corrected chi connectivity index (χ4v) is 3.65. The highest BCUT2D eigenvalue weighted by molar-refractivity contribution is 9.09. The molecule has 0 aliphatic heterocycles. The van der Waals surface area contributed by atoms with Crippen molar-refractivity contribution in [2.24, 2.45) is 0 Å². The minimum Gasteiger partial charge on any atom is -0.339 e. The van der Waals surface area contributed by atoms with Crippen molar-refractivity contribution < 1.29 is 4.79 Å². The zero-order valence-corrected chi connectivity index (χ0v) is 14.6. The molecule has 1 aliphatic carbocycles. The van der Waals surface area contributed by atoms with Gasteiger partial charge in [0.05, 0.1) is 0 Å². The van der Waals surface area contributed by atoms with Gasteiger partial charge in [-0.25, -0.2) is 0 Å². The molecule has 116 valence electrons. The summed E-state index contributed by atoms with van der Waals surface area (Å²) in [6, 6.07) is 8.85. The summed E-state index contributed by atoms with van der Waals surface area (Å²) in [6.07, 6.45) is 7.73. The largest absolute Gasteiger partial charge is 0.339 e. The summed E-state index contributed by atoms with van der Waals surface area (Å²) in [6.45, 7) is 2.97. The van der Waals surface area contributed by atoms with Crippen molar-refractivity contribution >= 4 is 21.8 Å². The highest BCUT2D eigenvalue weighted by Crippen LogP contribution is 2.23. The molecular formula is C18H26BrNO. The van der Waals surface area contributed by atoms with Gasteiger partial charge in [0, 0.05) is 24.3 Å². The molecular weight excluding hydrogens is 326 g/mol. The molecule has 0 bridgehead atoms. The van der Waals surface area contributed by atoms with Crippen LogP contribution in [0.25, 0.3) is 0 Å². The van der Waals surface area contributed by atoms with E-state index in [1.54, 1.807) is 0 Å². The highest BCUT2D eigenvalue weighted by atomic mass is 79.9. The smallest absolute Gasteiger partial charge is 0.223 e. The summed E-state index contributed by atoms with van der Waals surface area (Å²) in [7, 11) is 0. The molecule has 0 heterocycles. The fourth-order valence-electron chi connectivity index (χ4n) is 3.27. The van der Waals surface area contributed by atoms with E-state index in [1.165, 1.54) is 43.2 Å². The first kappa shape index (κ1) is 16.5. The van der Waals surface area contributed by atoms with Crippen LogP contribution in [0.3, 0.4) is 0 Å². The number of alkyl halides is 1. The second-order valence-corrected chi connectivity index (χ2v) is 6.79. The molecule has 0 atom stereocenters. The lowest BCUT2D eigenvalue weighted by molar-refractivity contribution is -0.133. The molecule has 1 fully saturated rings. The molecule has 0 saturated heterocycles. The van der Waals surface area contributed by atoms with Gasteiger partial charge in [0.1, 0.15) is 0 Å². The number of amides is 1. The third-order valence-corrected chi connectivity index (χ3v) is 4.89. The van der Waals surface area contributed by atoms with E-state index in [0.717, 1.165) is 18.3 Å². The molecule has 1 aromatic carbocycles. The number of rotatable bonds is 6. The summed E-state index contributed by atoms with van der Waals surface area (Å²) in [5.41, 5.74) is 2.59. The average molecular weight is 352 g/mol. The van der Waals surface area contributed by atoms with Crippen molar-refractivity contribution in [3.63, 3.8) is 0 Å². The van der Waals surface area contributed by atoms with Crippen molar-refractivity contribution in [1.29, 1.82) is 0 Å². The van der Waals surface area contributed by atoms with E-state index in [-0.39, 0.29) is 0 Å². The van der Waals surface area contributed by atoms with Crippen LogP contribution < -0.4 is 0 Å². The molecule has 21 heavy (non-hydrogen) atoms. The minimum atomic E-state index is 0.324. The van der Waals surface area contributed by atoms with Crippen molar-refractivity contribution in [3.05, 3.63) is 35.4 Å². The Morgan fingerprint density at radius 1 is 1.24 bits per heavy atom. The van der Waals surface area contributed by atoms with Crippen molar-refractivity contribution in [2.45, 2.75) is 57.9 Å². The maximum absolute atomic E-state index is 12.6. The second-order valence-electron chi connectivity index (χ2n) is 5.99. The van der Waals surface area contributed by atoms with Crippen LogP contribution >= 0.6 is 15.9 Å². The molecule has 2 rings (SSSR count). The fraction of sp³-hybridized carbons (Fsp3) is 0.611. The Morgan fingerprint density at radius 3 is 2.62 bits per heavy atom. The normalized spacial score (nSPS) is 15.9. The van der Waals surface area contributed by atoms with Crippen molar-refractivity contribution in [2.75, 3.05) is 11.9 Å². The van der Waals surface area contributed by atoms with Gasteiger partial charge in [-0.2, -0.15) is 0 Å². The van der Waals surface area contributed by atoms with Gasteiger partial charge in [0.25, 0.3) is 0 Å². The molecule has 1 aromatic rings. The third-order valence-electron chi connectivity index (χ3n) is 4.53. The molecule has 0 aromatic heterocycles. The Kier molecular flexibility index (Phi) is 6.75. The Balaban J connectivity index is 1.93. The van der Waals surface area contributed by atoms with Crippen molar-refractivity contribution in [1.82, 2.24) is 4.90 Å². The lowest BCUT2D eigenvalue weighted by Gasteiger charge is -2.34. The summed E-state index contributed by atoms with van der Waals surface area (Å²) < 4.78 is 0. The van der Waals surface area contributed by atoms with Crippen LogP contribution in [0.2, 0.25) is 0 Å². The van der Waals surface area contributed by atoms with Crippen LogP contribution in [-0.4, -0.2) is 28.7 Å². The van der Waals surface area contributed by atoms with Crippen LogP contribution in [-0.2, 0) is 11.2 Å². The Bertz CT molecular complexity index is 454. The molecule has 1 saturated carbocycles. The van der Waals surface area contributed by atoms with Gasteiger partial charge in [0.15, 0.2) is 0 Å².